The lowest BCUT2D eigenvalue weighted by Crippen LogP contribution is -2.21. The highest BCUT2D eigenvalue weighted by atomic mass is 35.5. The van der Waals surface area contributed by atoms with Gasteiger partial charge in [-0.25, -0.2) is 0 Å². The van der Waals surface area contributed by atoms with Gasteiger partial charge < -0.3 is 10.2 Å². The summed E-state index contributed by atoms with van der Waals surface area (Å²) < 4.78 is 0. The second kappa shape index (κ2) is 6.83. The Labute approximate surface area is 95.5 Å². The molecule has 0 radical (unpaired) electrons. The Balaban J connectivity index is 2.63. The molecule has 0 aliphatic rings. The van der Waals surface area contributed by atoms with E-state index in [1.165, 1.54) is 0 Å². The number of alkyl halides is 1. The van der Waals surface area contributed by atoms with Crippen LogP contribution in [0.4, 0.5) is 0 Å². The maximum atomic E-state index is 9.87. The van der Waals surface area contributed by atoms with Gasteiger partial charge in [-0.15, -0.1) is 11.6 Å². The number of rotatable bonds is 6. The van der Waals surface area contributed by atoms with Gasteiger partial charge in [0, 0.05) is 11.8 Å². The molecule has 0 saturated heterocycles. The SMILES string of the molecule is OCC(c1ccccc1)C(O)CCCCl. The minimum atomic E-state index is -0.517. The molecule has 2 unspecified atom stereocenters. The van der Waals surface area contributed by atoms with Gasteiger partial charge >= 0.3 is 0 Å². The van der Waals surface area contributed by atoms with Crippen LogP contribution in [0.3, 0.4) is 0 Å². The van der Waals surface area contributed by atoms with Gasteiger partial charge in [0.1, 0.15) is 0 Å². The summed E-state index contributed by atoms with van der Waals surface area (Å²) in [5, 5.41) is 19.1. The van der Waals surface area contributed by atoms with Crippen LogP contribution < -0.4 is 0 Å². The molecule has 0 aliphatic carbocycles. The first kappa shape index (κ1) is 12.5. The molecular weight excluding hydrogens is 212 g/mol. The summed E-state index contributed by atoms with van der Waals surface area (Å²) >= 11 is 5.57. The quantitative estimate of drug-likeness (QED) is 0.733. The molecule has 2 atom stereocenters. The van der Waals surface area contributed by atoms with Crippen LogP contribution in [0, 0.1) is 0 Å². The Morgan fingerprint density at radius 1 is 1.20 bits per heavy atom. The second-order valence-electron chi connectivity index (χ2n) is 3.60. The summed E-state index contributed by atoms with van der Waals surface area (Å²) in [7, 11) is 0. The predicted octanol–water partition coefficient (Wildman–Crippen LogP) is 2.14. The molecule has 84 valence electrons. The Kier molecular flexibility index (Phi) is 5.69. The number of halogens is 1. The topological polar surface area (TPSA) is 40.5 Å². The van der Waals surface area contributed by atoms with E-state index >= 15 is 0 Å². The van der Waals surface area contributed by atoms with Gasteiger partial charge in [-0.05, 0) is 18.4 Å². The van der Waals surface area contributed by atoms with E-state index in [2.05, 4.69) is 0 Å². The number of aliphatic hydroxyl groups is 2. The van der Waals surface area contributed by atoms with E-state index in [0.29, 0.717) is 12.3 Å². The van der Waals surface area contributed by atoms with E-state index in [1.54, 1.807) is 0 Å². The van der Waals surface area contributed by atoms with Crippen LogP contribution in [0.25, 0.3) is 0 Å². The molecule has 2 nitrogen and oxygen atoms in total. The number of hydrogen-bond acceptors (Lipinski definition) is 2. The van der Waals surface area contributed by atoms with Gasteiger partial charge in [0.05, 0.1) is 12.7 Å². The van der Waals surface area contributed by atoms with Gasteiger partial charge in [-0.3, -0.25) is 0 Å². The van der Waals surface area contributed by atoms with Crippen molar-refractivity contribution < 1.29 is 10.2 Å². The summed E-state index contributed by atoms with van der Waals surface area (Å²) in [6, 6.07) is 9.58. The van der Waals surface area contributed by atoms with Crippen molar-refractivity contribution in [1.29, 1.82) is 0 Å². The number of aliphatic hydroxyl groups excluding tert-OH is 2. The molecule has 1 aromatic carbocycles. The van der Waals surface area contributed by atoms with Crippen LogP contribution >= 0.6 is 11.6 Å². The minimum absolute atomic E-state index is 0.0343. The molecule has 0 amide bonds. The fourth-order valence-electron chi connectivity index (χ4n) is 1.64. The summed E-state index contributed by atoms with van der Waals surface area (Å²) in [4.78, 5) is 0. The van der Waals surface area contributed by atoms with Crippen molar-refractivity contribution in [1.82, 2.24) is 0 Å². The first-order chi connectivity index (χ1) is 7.29. The van der Waals surface area contributed by atoms with Crippen LogP contribution in [0.2, 0.25) is 0 Å². The van der Waals surface area contributed by atoms with Crippen molar-refractivity contribution in [3.8, 4) is 0 Å². The lowest BCUT2D eigenvalue weighted by Gasteiger charge is -2.20. The first-order valence-corrected chi connectivity index (χ1v) is 5.73. The van der Waals surface area contributed by atoms with Crippen molar-refractivity contribution in [2.24, 2.45) is 0 Å². The first-order valence-electron chi connectivity index (χ1n) is 5.19. The van der Waals surface area contributed by atoms with E-state index in [1.807, 2.05) is 30.3 Å². The van der Waals surface area contributed by atoms with Gasteiger partial charge in [-0.2, -0.15) is 0 Å². The molecule has 0 saturated carbocycles. The molecule has 3 heteroatoms. The van der Waals surface area contributed by atoms with Gasteiger partial charge in [0.15, 0.2) is 0 Å². The monoisotopic (exact) mass is 228 g/mol. The summed E-state index contributed by atoms with van der Waals surface area (Å²) in [6.45, 7) is -0.0343. The highest BCUT2D eigenvalue weighted by Crippen LogP contribution is 2.22. The average Bonchev–Trinajstić information content (AvgIpc) is 2.29. The highest BCUT2D eigenvalue weighted by molar-refractivity contribution is 6.17. The fraction of sp³-hybridized carbons (Fsp3) is 0.500. The van der Waals surface area contributed by atoms with Crippen molar-refractivity contribution in [3.63, 3.8) is 0 Å². The lowest BCUT2D eigenvalue weighted by atomic mass is 9.92. The van der Waals surface area contributed by atoms with E-state index in [9.17, 15) is 10.2 Å². The number of benzene rings is 1. The normalized spacial score (nSPS) is 14.9. The zero-order chi connectivity index (χ0) is 11.1. The standard InChI is InChI=1S/C12H17ClO2/c13-8-4-7-12(15)11(9-14)10-5-2-1-3-6-10/h1-3,5-6,11-12,14-15H,4,7-9H2. The lowest BCUT2D eigenvalue weighted by molar-refractivity contribution is 0.0986. The summed E-state index contributed by atoms with van der Waals surface area (Å²) in [5.41, 5.74) is 0.974. The third-order valence-corrected chi connectivity index (χ3v) is 2.79. The molecule has 1 rings (SSSR count). The maximum absolute atomic E-state index is 9.87. The second-order valence-corrected chi connectivity index (χ2v) is 3.98. The van der Waals surface area contributed by atoms with Gasteiger partial charge in [0.25, 0.3) is 0 Å². The van der Waals surface area contributed by atoms with E-state index in [-0.39, 0.29) is 12.5 Å². The Morgan fingerprint density at radius 2 is 1.87 bits per heavy atom. The van der Waals surface area contributed by atoms with Crippen LogP contribution in [-0.4, -0.2) is 28.8 Å². The zero-order valence-corrected chi connectivity index (χ0v) is 9.40. The Hall–Kier alpha value is -0.570. The molecule has 1 aromatic rings. The van der Waals surface area contributed by atoms with Gasteiger partial charge in [0.2, 0.25) is 0 Å². The van der Waals surface area contributed by atoms with E-state index in [0.717, 1.165) is 12.0 Å². The summed E-state index contributed by atoms with van der Waals surface area (Å²) in [5.74, 6) is 0.346. The molecule has 0 aromatic heterocycles. The Morgan fingerprint density at radius 3 is 2.40 bits per heavy atom. The Bertz CT molecular complexity index is 264. The van der Waals surface area contributed by atoms with Crippen LogP contribution in [0.5, 0.6) is 0 Å². The molecule has 0 aliphatic heterocycles. The molecule has 2 N–H and O–H groups in total. The molecule has 0 bridgehead atoms. The average molecular weight is 229 g/mol. The van der Waals surface area contributed by atoms with E-state index in [4.69, 9.17) is 11.6 Å². The third kappa shape index (κ3) is 3.82. The smallest absolute Gasteiger partial charge is 0.0631 e. The van der Waals surface area contributed by atoms with Crippen LogP contribution in [-0.2, 0) is 0 Å². The van der Waals surface area contributed by atoms with Gasteiger partial charge in [-0.1, -0.05) is 30.3 Å². The molecule has 15 heavy (non-hydrogen) atoms. The zero-order valence-electron chi connectivity index (χ0n) is 8.64. The minimum Gasteiger partial charge on any atom is -0.396 e. The third-order valence-electron chi connectivity index (χ3n) is 2.52. The van der Waals surface area contributed by atoms with Crippen molar-refractivity contribution in [3.05, 3.63) is 35.9 Å². The summed E-state index contributed by atoms with van der Waals surface area (Å²) in [6.07, 6.45) is 0.881. The largest absolute Gasteiger partial charge is 0.396 e. The molecule has 0 spiro atoms. The predicted molar refractivity (Wildman–Crippen MR) is 62.2 cm³/mol. The fourth-order valence-corrected chi connectivity index (χ4v) is 1.79. The maximum Gasteiger partial charge on any atom is 0.0631 e. The highest BCUT2D eigenvalue weighted by Gasteiger charge is 2.19. The van der Waals surface area contributed by atoms with Crippen molar-refractivity contribution in [2.75, 3.05) is 12.5 Å². The van der Waals surface area contributed by atoms with Crippen LogP contribution in [0.1, 0.15) is 24.3 Å². The molecule has 0 heterocycles. The van der Waals surface area contributed by atoms with Crippen molar-refractivity contribution in [2.45, 2.75) is 24.9 Å². The number of hydrogen-bond donors (Lipinski definition) is 2. The van der Waals surface area contributed by atoms with Crippen LogP contribution in [0.15, 0.2) is 30.3 Å². The molecular formula is C12H17ClO2. The van der Waals surface area contributed by atoms with Crippen molar-refractivity contribution >= 4 is 11.6 Å². The van der Waals surface area contributed by atoms with E-state index < -0.39 is 6.10 Å². The molecule has 0 fully saturated rings.